The molecule has 3 amide bonds. The van der Waals surface area contributed by atoms with Crippen molar-refractivity contribution in [1.82, 2.24) is 16.0 Å². The van der Waals surface area contributed by atoms with Crippen LogP contribution in [0.15, 0.2) is 91.0 Å². The molecule has 0 unspecified atom stereocenters. The Kier molecular flexibility index (Phi) is 15.6. The van der Waals surface area contributed by atoms with Gasteiger partial charge in [0.1, 0.15) is 16.6 Å². The van der Waals surface area contributed by atoms with E-state index in [-0.39, 0.29) is 29.1 Å². The van der Waals surface area contributed by atoms with Crippen molar-refractivity contribution in [3.8, 4) is 0 Å². The van der Waals surface area contributed by atoms with Crippen LogP contribution >= 0.6 is 35.3 Å². The van der Waals surface area contributed by atoms with Crippen LogP contribution in [0.3, 0.4) is 0 Å². The van der Waals surface area contributed by atoms with Crippen molar-refractivity contribution in [2.75, 3.05) is 24.4 Å². The molecule has 0 heterocycles. The molecule has 264 valence electrons. The molecule has 8 nitrogen and oxygen atoms in total. The minimum absolute atomic E-state index is 0.208. The summed E-state index contributed by atoms with van der Waals surface area (Å²) in [5.41, 5.74) is -0.896. The van der Waals surface area contributed by atoms with Crippen molar-refractivity contribution in [3.63, 3.8) is 0 Å². The van der Waals surface area contributed by atoms with Gasteiger partial charge in [-0.05, 0) is 37.5 Å². The zero-order valence-electron chi connectivity index (χ0n) is 29.2. The molecule has 3 N–H and O–H groups in total. The lowest BCUT2D eigenvalue weighted by Gasteiger charge is -2.38. The predicted molar refractivity (Wildman–Crippen MR) is 204 cm³/mol. The van der Waals surface area contributed by atoms with E-state index in [0.717, 1.165) is 16.7 Å². The molecule has 0 saturated carbocycles. The molecule has 0 spiro atoms. The summed E-state index contributed by atoms with van der Waals surface area (Å²) in [6, 6.07) is 29.6. The lowest BCUT2D eigenvalue weighted by molar-refractivity contribution is -0.150. The summed E-state index contributed by atoms with van der Waals surface area (Å²) in [6.45, 7) is 8.53. The maximum absolute atomic E-state index is 14.3. The highest BCUT2D eigenvalue weighted by Crippen LogP contribution is 2.25. The van der Waals surface area contributed by atoms with E-state index in [0.29, 0.717) is 17.3 Å². The number of ether oxygens (including phenoxy) is 1. The lowest BCUT2D eigenvalue weighted by atomic mass is 9.96. The molecule has 3 rings (SSSR count). The summed E-state index contributed by atoms with van der Waals surface area (Å²) in [5.74, 6) is 0.405. The third-order valence-corrected chi connectivity index (χ3v) is 11.8. The smallest absolute Gasteiger partial charge is 0.332 e. The fourth-order valence-electron chi connectivity index (χ4n) is 4.72. The minimum Gasteiger partial charge on any atom is -0.467 e. The molecule has 3 aromatic rings. The number of carbonyl (C=O) groups excluding carboxylic acids is 4. The predicted octanol–water partition coefficient (Wildman–Crippen LogP) is 6.24. The zero-order chi connectivity index (χ0) is 35.9. The highest BCUT2D eigenvalue weighted by Gasteiger charge is 2.46. The Morgan fingerprint density at radius 3 is 1.24 bits per heavy atom. The maximum Gasteiger partial charge on any atom is 0.332 e. The Hall–Kier alpha value is -3.41. The van der Waals surface area contributed by atoms with Crippen LogP contribution in [0, 0.1) is 5.92 Å². The molecule has 0 aliphatic rings. The molecule has 0 fully saturated rings. The van der Waals surface area contributed by atoms with Crippen molar-refractivity contribution in [2.24, 2.45) is 5.92 Å². The zero-order valence-corrected chi connectivity index (χ0v) is 31.7. The fraction of sp³-hybridized carbons (Fsp3) is 0.421. The van der Waals surface area contributed by atoms with Crippen LogP contribution in [-0.4, -0.2) is 64.7 Å². The molecular formula is C38H49N3O5S3. The molecule has 0 radical (unpaired) electrons. The average Bonchev–Trinajstić information content (AvgIpc) is 3.09. The van der Waals surface area contributed by atoms with Crippen LogP contribution in [-0.2, 0) is 41.2 Å². The van der Waals surface area contributed by atoms with Crippen LogP contribution < -0.4 is 16.0 Å². The summed E-state index contributed by atoms with van der Waals surface area (Å²) < 4.78 is 5.14. The molecule has 0 bridgehead atoms. The first kappa shape index (κ1) is 40.0. The van der Waals surface area contributed by atoms with Crippen LogP contribution in [0.2, 0.25) is 0 Å². The van der Waals surface area contributed by atoms with Gasteiger partial charge in [-0.3, -0.25) is 14.4 Å². The molecule has 49 heavy (non-hydrogen) atoms. The Morgan fingerprint density at radius 2 is 0.898 bits per heavy atom. The lowest BCUT2D eigenvalue weighted by Crippen LogP contribution is -2.69. The van der Waals surface area contributed by atoms with Crippen molar-refractivity contribution < 1.29 is 23.9 Å². The Morgan fingerprint density at radius 1 is 0.571 bits per heavy atom. The number of esters is 1. The molecular weight excluding hydrogens is 675 g/mol. The van der Waals surface area contributed by atoms with Gasteiger partial charge in [0, 0.05) is 40.4 Å². The van der Waals surface area contributed by atoms with Crippen LogP contribution in [0.1, 0.15) is 51.3 Å². The first-order chi connectivity index (χ1) is 23.3. The van der Waals surface area contributed by atoms with E-state index in [9.17, 15) is 19.2 Å². The second kappa shape index (κ2) is 19.1. The highest BCUT2D eigenvalue weighted by atomic mass is 32.2. The molecule has 0 aliphatic carbocycles. The van der Waals surface area contributed by atoms with E-state index in [4.69, 9.17) is 4.74 Å². The third kappa shape index (κ3) is 12.5. The van der Waals surface area contributed by atoms with Gasteiger partial charge in [-0.1, -0.05) is 105 Å². The number of thioether (sulfide) groups is 3. The van der Waals surface area contributed by atoms with Gasteiger partial charge in [-0.25, -0.2) is 4.79 Å². The number of hydrogen-bond donors (Lipinski definition) is 3. The van der Waals surface area contributed by atoms with Gasteiger partial charge in [-0.15, -0.1) is 0 Å². The topological polar surface area (TPSA) is 114 Å². The largest absolute Gasteiger partial charge is 0.467 e. The van der Waals surface area contributed by atoms with Gasteiger partial charge in [0.15, 0.2) is 0 Å². The number of hydrogen-bond acceptors (Lipinski definition) is 8. The number of benzene rings is 3. The van der Waals surface area contributed by atoms with Gasteiger partial charge in [0.25, 0.3) is 0 Å². The van der Waals surface area contributed by atoms with E-state index in [1.807, 2.05) is 91.0 Å². The summed E-state index contributed by atoms with van der Waals surface area (Å²) in [6.07, 6.45) is 0. The fourth-order valence-corrected chi connectivity index (χ4v) is 8.14. The van der Waals surface area contributed by atoms with Crippen molar-refractivity contribution in [2.45, 2.75) is 68.5 Å². The summed E-state index contributed by atoms with van der Waals surface area (Å²) in [7, 11) is 1.29. The van der Waals surface area contributed by atoms with Gasteiger partial charge in [0.05, 0.1) is 7.11 Å². The van der Waals surface area contributed by atoms with Crippen molar-refractivity contribution in [3.05, 3.63) is 108 Å². The summed E-state index contributed by atoms with van der Waals surface area (Å²) in [4.78, 5) is 54.7. The third-order valence-electron chi connectivity index (χ3n) is 7.85. The monoisotopic (exact) mass is 723 g/mol. The number of nitrogens with one attached hydrogen (secondary N) is 3. The second-order valence-electron chi connectivity index (χ2n) is 13.0. The highest BCUT2D eigenvalue weighted by molar-refractivity contribution is 7.99. The SMILES string of the molecule is COC(=O)[C@](C)(CSCc1ccccc1)NC(=O)[C@](C)(CSCc1ccccc1)NC(=O)[C@](C)(CSCc1ccccc1)NC(=O)C(C)C. The second-order valence-corrected chi connectivity index (χ2v) is 15.9. The molecule has 0 saturated heterocycles. The van der Waals surface area contributed by atoms with Gasteiger partial charge in [-0.2, -0.15) is 35.3 Å². The minimum atomic E-state index is -1.45. The van der Waals surface area contributed by atoms with E-state index < -0.39 is 34.4 Å². The van der Waals surface area contributed by atoms with Gasteiger partial charge in [0.2, 0.25) is 17.7 Å². The summed E-state index contributed by atoms with van der Waals surface area (Å²) >= 11 is 4.52. The molecule has 3 atom stereocenters. The average molecular weight is 724 g/mol. The van der Waals surface area contributed by atoms with Gasteiger partial charge >= 0.3 is 5.97 Å². The number of amides is 3. The van der Waals surface area contributed by atoms with Crippen molar-refractivity contribution >= 4 is 59.0 Å². The Balaban J connectivity index is 1.86. The summed E-state index contributed by atoms with van der Waals surface area (Å²) in [5, 5.41) is 8.91. The first-order valence-corrected chi connectivity index (χ1v) is 19.7. The Labute approximate surface area is 304 Å². The quantitative estimate of drug-likeness (QED) is 0.125. The molecule has 11 heteroatoms. The van der Waals surface area contributed by atoms with E-state index >= 15 is 0 Å². The van der Waals surface area contributed by atoms with E-state index in [2.05, 4.69) is 16.0 Å². The maximum atomic E-state index is 14.3. The molecule has 0 aromatic heterocycles. The van der Waals surface area contributed by atoms with Crippen LogP contribution in [0.5, 0.6) is 0 Å². The van der Waals surface area contributed by atoms with Crippen LogP contribution in [0.25, 0.3) is 0 Å². The first-order valence-electron chi connectivity index (χ1n) is 16.2. The normalized spacial score (nSPS) is 14.8. The van der Waals surface area contributed by atoms with Crippen LogP contribution in [0.4, 0.5) is 0 Å². The standard InChI is InChI=1S/C38H49N3O5S3/c1-28(2)32(42)39-36(3,25-47-22-29-16-10-7-11-17-29)33(43)40-37(4,26-48-23-30-18-12-8-13-19-30)34(44)41-38(5,35(45)46-6)27-49-24-31-20-14-9-15-21-31/h7-21,28H,22-27H2,1-6H3,(H,39,42)(H,40,43)(H,41,44)/t36-,37-,38-/m0/s1. The molecule has 3 aromatic carbocycles. The van der Waals surface area contributed by atoms with Crippen molar-refractivity contribution in [1.29, 1.82) is 0 Å². The molecule has 0 aliphatic heterocycles. The number of methoxy groups -OCH3 is 1. The number of rotatable bonds is 19. The van der Waals surface area contributed by atoms with E-state index in [1.165, 1.54) is 42.4 Å². The number of carbonyl (C=O) groups is 4. The Bertz CT molecular complexity index is 1510. The van der Waals surface area contributed by atoms with E-state index in [1.54, 1.807) is 34.6 Å². The van der Waals surface area contributed by atoms with Gasteiger partial charge < -0.3 is 20.7 Å².